The molecule has 0 bridgehead atoms. The number of amides is 2. The predicted octanol–water partition coefficient (Wildman–Crippen LogP) is 3.07. The van der Waals surface area contributed by atoms with Crippen LogP contribution in [-0.2, 0) is 9.59 Å². The van der Waals surface area contributed by atoms with E-state index in [2.05, 4.69) is 15.4 Å². The average Bonchev–Trinajstić information content (AvgIpc) is 2.85. The Kier molecular flexibility index (Phi) is 5.14. The Hall–Kier alpha value is -2.93. The number of aromatic amines is 1. The van der Waals surface area contributed by atoms with Crippen LogP contribution in [0.1, 0.15) is 5.56 Å². The van der Waals surface area contributed by atoms with Crippen LogP contribution in [0.2, 0.25) is 0 Å². The van der Waals surface area contributed by atoms with Crippen LogP contribution < -0.4 is 10.2 Å². The third kappa shape index (κ3) is 3.38. The van der Waals surface area contributed by atoms with E-state index in [1.165, 1.54) is 0 Å². The molecule has 0 spiro atoms. The molecule has 0 aliphatic carbocycles. The molecule has 2 heterocycles. The zero-order valence-electron chi connectivity index (χ0n) is 13.5. The monoisotopic (exact) mass is 421 g/mol. The van der Waals surface area contributed by atoms with E-state index in [1.807, 2.05) is 6.07 Å². The van der Waals surface area contributed by atoms with Crippen molar-refractivity contribution in [2.75, 3.05) is 12.5 Å². The first-order chi connectivity index (χ1) is 12.9. The topological polar surface area (TPSA) is 111 Å². The second-order valence-corrected chi connectivity index (χ2v) is 6.31. The number of nitrogens with one attached hydrogen (secondary N) is 2. The first-order valence-electron chi connectivity index (χ1n) is 7.27. The van der Waals surface area contributed by atoms with Crippen LogP contribution in [0.5, 0.6) is 5.75 Å². The zero-order valence-corrected chi connectivity index (χ0v) is 15.9. The molecule has 136 valence electrons. The minimum atomic E-state index is -0.849. The number of H-pyrrole nitrogens is 1. The van der Waals surface area contributed by atoms with Crippen LogP contribution in [0, 0.1) is 16.0 Å². The number of hydrazine groups is 1. The fraction of sp³-hybridized carbons (Fsp3) is 0.0625. The van der Waals surface area contributed by atoms with Crippen LogP contribution in [0.15, 0.2) is 34.3 Å². The van der Waals surface area contributed by atoms with E-state index in [9.17, 15) is 14.9 Å². The predicted molar refractivity (Wildman–Crippen MR) is 100 cm³/mol. The Morgan fingerprint density at radius 1 is 1.22 bits per heavy atom. The van der Waals surface area contributed by atoms with Crippen LogP contribution in [0.3, 0.4) is 0 Å². The highest BCUT2D eigenvalue weighted by Gasteiger charge is 2.37. The minimum absolute atomic E-state index is 0.000788. The molecule has 1 aromatic heterocycles. The first-order valence-corrected chi connectivity index (χ1v) is 8.43. The van der Waals surface area contributed by atoms with Gasteiger partial charge >= 0.3 is 0 Å². The van der Waals surface area contributed by atoms with Crippen molar-refractivity contribution < 1.29 is 14.3 Å². The number of hydrogen-bond donors (Lipinski definition) is 2. The quantitative estimate of drug-likeness (QED) is 0.576. The Balaban J connectivity index is 2.03. The van der Waals surface area contributed by atoms with E-state index < -0.39 is 21.9 Å². The molecule has 11 heteroatoms. The van der Waals surface area contributed by atoms with Gasteiger partial charge in [-0.05, 0) is 24.3 Å². The number of ether oxygens (including phenoxy) is 1. The van der Waals surface area contributed by atoms with Crippen LogP contribution in [-0.4, -0.2) is 33.9 Å². The normalized spacial score (nSPS) is 13.8. The highest BCUT2D eigenvalue weighted by Crippen LogP contribution is 2.28. The summed E-state index contributed by atoms with van der Waals surface area (Å²) >= 11 is 16.6. The van der Waals surface area contributed by atoms with Crippen LogP contribution in [0.25, 0.3) is 11.4 Å². The van der Waals surface area contributed by atoms with Crippen molar-refractivity contribution in [1.29, 1.82) is 5.26 Å². The summed E-state index contributed by atoms with van der Waals surface area (Å²) in [5.74, 6) is -0.738. The zero-order chi connectivity index (χ0) is 19.7. The average molecular weight is 422 g/mol. The van der Waals surface area contributed by atoms with Gasteiger partial charge in [-0.3, -0.25) is 15.0 Å². The van der Waals surface area contributed by atoms with Gasteiger partial charge in [-0.1, -0.05) is 35.4 Å². The molecule has 1 aromatic carbocycles. The molecule has 0 fully saturated rings. The summed E-state index contributed by atoms with van der Waals surface area (Å²) in [6.45, 7) is 0. The number of imide groups is 1. The summed E-state index contributed by atoms with van der Waals surface area (Å²) in [5, 5.41) is 9.10. The highest BCUT2D eigenvalue weighted by molar-refractivity contribution is 7.71. The van der Waals surface area contributed by atoms with Gasteiger partial charge in [0.15, 0.2) is 0 Å². The molecule has 0 saturated heterocycles. The molecule has 2 aromatic rings. The molecule has 1 aliphatic rings. The summed E-state index contributed by atoms with van der Waals surface area (Å²) in [7, 11) is 1.54. The van der Waals surface area contributed by atoms with E-state index in [0.717, 1.165) is 0 Å². The SMILES string of the molecule is COc1ccc(-c2nc(=S)c(C#N)c(NN3C(=O)C(Cl)=C(Cl)C3=O)[nH]2)cc1. The molecule has 2 amide bonds. The fourth-order valence-electron chi connectivity index (χ4n) is 2.24. The number of halogens is 2. The number of anilines is 1. The lowest BCUT2D eigenvalue weighted by molar-refractivity contribution is -0.135. The lowest BCUT2D eigenvalue weighted by Gasteiger charge is -2.18. The summed E-state index contributed by atoms with van der Waals surface area (Å²) in [6, 6.07) is 8.77. The van der Waals surface area contributed by atoms with Gasteiger partial charge in [0, 0.05) is 5.56 Å². The minimum Gasteiger partial charge on any atom is -0.497 e. The molecule has 27 heavy (non-hydrogen) atoms. The van der Waals surface area contributed by atoms with Gasteiger partial charge in [0.2, 0.25) is 0 Å². The van der Waals surface area contributed by atoms with Crippen LogP contribution >= 0.6 is 35.4 Å². The first kappa shape index (κ1) is 18.8. The fourth-order valence-corrected chi connectivity index (χ4v) is 2.81. The summed E-state index contributed by atoms with van der Waals surface area (Å²) in [4.78, 5) is 31.1. The standard InChI is InChI=1S/C16H9Cl2N5O3S/c1-26-8-4-2-7(3-5-8)12-20-13(9(6-19)14(27)21-12)22-23-15(24)10(17)11(18)16(23)25/h2-5H,1H3,(H2,20,21,22,27). The van der Waals surface area contributed by atoms with Gasteiger partial charge in [-0.2, -0.15) is 10.3 Å². The Bertz CT molecular complexity index is 1060. The number of hydrogen-bond acceptors (Lipinski definition) is 7. The van der Waals surface area contributed by atoms with Crippen molar-refractivity contribution in [3.05, 3.63) is 44.5 Å². The maximum absolute atomic E-state index is 12.1. The molecule has 0 unspecified atom stereocenters. The molecule has 2 N–H and O–H groups in total. The summed E-state index contributed by atoms with van der Waals surface area (Å²) in [5.41, 5.74) is 3.10. The van der Waals surface area contributed by atoms with Crippen molar-refractivity contribution in [3.63, 3.8) is 0 Å². The number of rotatable bonds is 4. The van der Waals surface area contributed by atoms with Gasteiger partial charge in [-0.25, -0.2) is 4.98 Å². The second-order valence-electron chi connectivity index (χ2n) is 5.17. The van der Waals surface area contributed by atoms with E-state index >= 15 is 0 Å². The number of benzene rings is 1. The van der Waals surface area contributed by atoms with E-state index in [1.54, 1.807) is 31.4 Å². The third-order valence-corrected chi connectivity index (χ3v) is 4.69. The van der Waals surface area contributed by atoms with Crippen molar-refractivity contribution >= 4 is 53.1 Å². The molecule has 0 atom stereocenters. The number of nitrogens with zero attached hydrogens (tertiary/aromatic N) is 3. The van der Waals surface area contributed by atoms with Gasteiger partial charge < -0.3 is 9.72 Å². The summed E-state index contributed by atoms with van der Waals surface area (Å²) in [6.07, 6.45) is 0. The number of nitriles is 1. The molecule has 0 saturated carbocycles. The maximum Gasteiger partial charge on any atom is 0.293 e. The molecule has 3 rings (SSSR count). The van der Waals surface area contributed by atoms with E-state index in [4.69, 9.17) is 40.2 Å². The van der Waals surface area contributed by atoms with E-state index in [-0.39, 0.29) is 16.0 Å². The lowest BCUT2D eigenvalue weighted by atomic mass is 10.2. The largest absolute Gasteiger partial charge is 0.497 e. The molecule has 1 aliphatic heterocycles. The summed E-state index contributed by atoms with van der Waals surface area (Å²) < 4.78 is 5.08. The number of methoxy groups -OCH3 is 1. The van der Waals surface area contributed by atoms with Crippen molar-refractivity contribution in [3.8, 4) is 23.2 Å². The van der Waals surface area contributed by atoms with Crippen molar-refractivity contribution in [2.24, 2.45) is 0 Å². The van der Waals surface area contributed by atoms with E-state index in [0.29, 0.717) is 22.1 Å². The Morgan fingerprint density at radius 3 is 2.33 bits per heavy atom. The van der Waals surface area contributed by atoms with Crippen LogP contribution in [0.4, 0.5) is 5.82 Å². The smallest absolute Gasteiger partial charge is 0.293 e. The second kappa shape index (κ2) is 7.36. The Labute approximate surface area is 167 Å². The van der Waals surface area contributed by atoms with Gasteiger partial charge in [-0.15, -0.1) is 0 Å². The number of aromatic nitrogens is 2. The highest BCUT2D eigenvalue weighted by atomic mass is 35.5. The number of carbonyl (C=O) groups excluding carboxylic acids is 2. The third-order valence-electron chi connectivity index (χ3n) is 3.59. The van der Waals surface area contributed by atoms with Gasteiger partial charge in [0.05, 0.1) is 7.11 Å². The molecule has 8 nitrogen and oxygen atoms in total. The lowest BCUT2D eigenvalue weighted by Crippen LogP contribution is -2.37. The molecule has 0 radical (unpaired) electrons. The Morgan fingerprint density at radius 2 is 1.81 bits per heavy atom. The van der Waals surface area contributed by atoms with Crippen molar-refractivity contribution in [1.82, 2.24) is 15.0 Å². The van der Waals surface area contributed by atoms with Crippen molar-refractivity contribution in [2.45, 2.75) is 0 Å². The van der Waals surface area contributed by atoms with Gasteiger partial charge in [0.25, 0.3) is 11.8 Å². The molecular weight excluding hydrogens is 413 g/mol. The van der Waals surface area contributed by atoms with Gasteiger partial charge in [0.1, 0.15) is 43.7 Å². The molecular formula is C16H9Cl2N5O3S. The number of carbonyl (C=O) groups is 2. The maximum atomic E-state index is 12.1.